The maximum atomic E-state index is 12.7. The predicted molar refractivity (Wildman–Crippen MR) is 105 cm³/mol. The van der Waals surface area contributed by atoms with Gasteiger partial charge in [-0.05, 0) is 18.6 Å². The summed E-state index contributed by atoms with van der Waals surface area (Å²) in [4.78, 5) is 26.9. The Morgan fingerprint density at radius 2 is 1.78 bits per heavy atom. The third-order valence-electron chi connectivity index (χ3n) is 4.82. The first-order valence-corrected chi connectivity index (χ1v) is 9.80. The number of carbonyl (C=O) groups is 1. The second-order valence-corrected chi connectivity index (χ2v) is 6.82. The van der Waals surface area contributed by atoms with Crippen LogP contribution in [0.2, 0.25) is 0 Å². The molecule has 0 atom stereocenters. The quantitative estimate of drug-likeness (QED) is 0.688. The van der Waals surface area contributed by atoms with E-state index in [1.807, 2.05) is 35.2 Å². The van der Waals surface area contributed by atoms with Crippen LogP contribution in [0.3, 0.4) is 0 Å². The summed E-state index contributed by atoms with van der Waals surface area (Å²) in [6.45, 7) is 3.88. The Morgan fingerprint density at radius 3 is 2.56 bits per heavy atom. The molecule has 1 aliphatic rings. The summed E-state index contributed by atoms with van der Waals surface area (Å²) < 4.78 is 1.53. The first-order valence-electron chi connectivity index (χ1n) is 9.80. The SMILES string of the molecule is CCCCCCCCNC(=O)c1nnc2n(c1=O)CCN2c1ccccc1. The molecule has 1 aliphatic heterocycles. The second-order valence-electron chi connectivity index (χ2n) is 6.82. The maximum absolute atomic E-state index is 12.7. The van der Waals surface area contributed by atoms with E-state index in [-0.39, 0.29) is 11.3 Å². The lowest BCUT2D eigenvalue weighted by atomic mass is 10.1. The number of nitrogens with one attached hydrogen (secondary N) is 1. The topological polar surface area (TPSA) is 80.1 Å². The lowest BCUT2D eigenvalue weighted by molar-refractivity contribution is 0.0944. The lowest BCUT2D eigenvalue weighted by Crippen LogP contribution is -2.35. The summed E-state index contributed by atoms with van der Waals surface area (Å²) in [5.41, 5.74) is 0.455. The van der Waals surface area contributed by atoms with Gasteiger partial charge in [0.05, 0.1) is 0 Å². The van der Waals surface area contributed by atoms with Gasteiger partial charge < -0.3 is 10.2 Å². The summed E-state index contributed by atoms with van der Waals surface area (Å²) in [5.74, 6) is 0.0493. The third kappa shape index (κ3) is 4.53. The predicted octanol–water partition coefficient (Wildman–Crippen LogP) is 2.88. The highest BCUT2D eigenvalue weighted by Crippen LogP contribution is 2.25. The molecular formula is C20H27N5O2. The molecule has 0 saturated heterocycles. The number of fused-ring (bicyclic) bond motifs is 1. The van der Waals surface area contributed by atoms with Crippen molar-refractivity contribution in [2.45, 2.75) is 52.0 Å². The summed E-state index contributed by atoms with van der Waals surface area (Å²) in [5, 5.41) is 10.9. The molecule has 0 bridgehead atoms. The van der Waals surface area contributed by atoms with Crippen LogP contribution in [-0.2, 0) is 6.54 Å². The number of para-hydroxylation sites is 1. The largest absolute Gasteiger partial charge is 0.350 e. The number of carbonyl (C=O) groups excluding carboxylic acids is 1. The van der Waals surface area contributed by atoms with Crippen molar-refractivity contribution in [1.29, 1.82) is 0 Å². The number of hydrogen-bond donors (Lipinski definition) is 1. The molecule has 7 nitrogen and oxygen atoms in total. The van der Waals surface area contributed by atoms with Gasteiger partial charge in [-0.3, -0.25) is 14.2 Å². The van der Waals surface area contributed by atoms with Gasteiger partial charge in [0.1, 0.15) is 0 Å². The minimum absolute atomic E-state index is 0.125. The number of aromatic nitrogens is 3. The zero-order chi connectivity index (χ0) is 19.1. The summed E-state index contributed by atoms with van der Waals surface area (Å²) in [7, 11) is 0. The molecule has 0 saturated carbocycles. The average Bonchev–Trinajstić information content (AvgIpc) is 3.13. The second kappa shape index (κ2) is 9.30. The van der Waals surface area contributed by atoms with Crippen molar-refractivity contribution in [2.24, 2.45) is 0 Å². The Kier molecular flexibility index (Phi) is 6.57. The highest BCUT2D eigenvalue weighted by molar-refractivity contribution is 5.91. The minimum Gasteiger partial charge on any atom is -0.350 e. The van der Waals surface area contributed by atoms with Crippen molar-refractivity contribution in [1.82, 2.24) is 20.1 Å². The van der Waals surface area contributed by atoms with Crippen molar-refractivity contribution >= 4 is 17.5 Å². The Balaban J connectivity index is 1.60. The van der Waals surface area contributed by atoms with Crippen LogP contribution in [0, 0.1) is 0 Å². The van der Waals surface area contributed by atoms with Gasteiger partial charge in [-0.1, -0.05) is 57.2 Å². The number of anilines is 2. The number of amides is 1. The number of nitrogens with zero attached hydrogens (tertiary/aromatic N) is 4. The molecule has 1 aromatic heterocycles. The molecule has 1 aromatic carbocycles. The van der Waals surface area contributed by atoms with E-state index in [0.717, 1.165) is 18.5 Å². The molecule has 0 radical (unpaired) electrons. The van der Waals surface area contributed by atoms with Crippen molar-refractivity contribution in [2.75, 3.05) is 18.0 Å². The fourth-order valence-electron chi connectivity index (χ4n) is 3.30. The van der Waals surface area contributed by atoms with Gasteiger partial charge >= 0.3 is 0 Å². The fourth-order valence-corrected chi connectivity index (χ4v) is 3.30. The molecule has 2 heterocycles. The van der Waals surface area contributed by atoms with Gasteiger partial charge in [0.25, 0.3) is 11.5 Å². The van der Waals surface area contributed by atoms with E-state index in [4.69, 9.17) is 0 Å². The molecule has 0 aliphatic carbocycles. The number of rotatable bonds is 9. The van der Waals surface area contributed by atoms with Gasteiger partial charge in [0.2, 0.25) is 11.6 Å². The van der Waals surface area contributed by atoms with E-state index >= 15 is 0 Å². The first-order chi connectivity index (χ1) is 13.2. The molecule has 7 heteroatoms. The monoisotopic (exact) mass is 369 g/mol. The number of benzene rings is 1. The van der Waals surface area contributed by atoms with E-state index in [1.165, 1.54) is 30.3 Å². The van der Waals surface area contributed by atoms with E-state index in [1.54, 1.807) is 0 Å². The van der Waals surface area contributed by atoms with Crippen LogP contribution >= 0.6 is 0 Å². The van der Waals surface area contributed by atoms with Crippen LogP contribution in [0.4, 0.5) is 11.6 Å². The molecule has 0 fully saturated rings. The van der Waals surface area contributed by atoms with Gasteiger partial charge in [0.15, 0.2) is 0 Å². The van der Waals surface area contributed by atoms with Crippen molar-refractivity contribution in [3.8, 4) is 0 Å². The summed E-state index contributed by atoms with van der Waals surface area (Å²) in [6.07, 6.45) is 6.89. The molecule has 3 rings (SSSR count). The van der Waals surface area contributed by atoms with Crippen LogP contribution in [0.15, 0.2) is 35.1 Å². The van der Waals surface area contributed by atoms with E-state index in [2.05, 4.69) is 22.4 Å². The highest BCUT2D eigenvalue weighted by atomic mass is 16.2. The zero-order valence-electron chi connectivity index (χ0n) is 15.9. The normalized spacial score (nSPS) is 12.9. The van der Waals surface area contributed by atoms with Gasteiger partial charge in [0, 0.05) is 25.3 Å². The number of unbranched alkanes of at least 4 members (excludes halogenated alkanes) is 5. The summed E-state index contributed by atoms with van der Waals surface area (Å²) in [6, 6.07) is 9.74. The van der Waals surface area contributed by atoms with E-state index < -0.39 is 5.91 Å². The zero-order valence-corrected chi connectivity index (χ0v) is 15.9. The average molecular weight is 369 g/mol. The minimum atomic E-state index is -0.436. The summed E-state index contributed by atoms with van der Waals surface area (Å²) >= 11 is 0. The molecule has 1 amide bonds. The Bertz CT molecular complexity index is 819. The third-order valence-corrected chi connectivity index (χ3v) is 4.82. The molecule has 0 spiro atoms. The van der Waals surface area contributed by atoms with Gasteiger partial charge in [-0.25, -0.2) is 0 Å². The first kappa shape index (κ1) is 19.1. The van der Waals surface area contributed by atoms with Gasteiger partial charge in [-0.2, -0.15) is 0 Å². The van der Waals surface area contributed by atoms with Crippen LogP contribution in [0.5, 0.6) is 0 Å². The molecule has 0 unspecified atom stereocenters. The number of hydrogen-bond acceptors (Lipinski definition) is 5. The van der Waals surface area contributed by atoms with Crippen molar-refractivity contribution < 1.29 is 4.79 Å². The van der Waals surface area contributed by atoms with Crippen LogP contribution in [-0.4, -0.2) is 33.8 Å². The Hall–Kier alpha value is -2.70. The Morgan fingerprint density at radius 1 is 1.04 bits per heavy atom. The van der Waals surface area contributed by atoms with Crippen LogP contribution < -0.4 is 15.8 Å². The molecular weight excluding hydrogens is 342 g/mol. The van der Waals surface area contributed by atoms with Crippen molar-refractivity contribution in [3.05, 3.63) is 46.4 Å². The lowest BCUT2D eigenvalue weighted by Gasteiger charge is -2.16. The molecule has 1 N–H and O–H groups in total. The molecule has 144 valence electrons. The molecule has 2 aromatic rings. The van der Waals surface area contributed by atoms with Crippen LogP contribution in [0.25, 0.3) is 0 Å². The highest BCUT2D eigenvalue weighted by Gasteiger charge is 2.26. The van der Waals surface area contributed by atoms with Crippen LogP contribution in [0.1, 0.15) is 55.9 Å². The Labute approximate surface area is 159 Å². The smallest absolute Gasteiger partial charge is 0.286 e. The van der Waals surface area contributed by atoms with Crippen molar-refractivity contribution in [3.63, 3.8) is 0 Å². The maximum Gasteiger partial charge on any atom is 0.286 e. The van der Waals surface area contributed by atoms with E-state index in [0.29, 0.717) is 25.6 Å². The standard InChI is InChI=1S/C20H27N5O2/c1-2-3-4-5-6-10-13-21-18(26)17-19(27)25-15-14-24(20(25)23-22-17)16-11-8-7-9-12-16/h7-9,11-12H,2-6,10,13-15H2,1H3,(H,21,26). The fraction of sp³-hybridized carbons (Fsp3) is 0.500. The van der Waals surface area contributed by atoms with Gasteiger partial charge in [-0.15, -0.1) is 10.2 Å². The van der Waals surface area contributed by atoms with E-state index in [9.17, 15) is 9.59 Å². The molecule has 27 heavy (non-hydrogen) atoms.